The lowest BCUT2D eigenvalue weighted by Crippen LogP contribution is -2.34. The third-order valence-electron chi connectivity index (χ3n) is 6.67. The Hall–Kier alpha value is -4.20. The topological polar surface area (TPSA) is 105 Å². The Morgan fingerprint density at radius 3 is 2.44 bits per heavy atom. The fourth-order valence-corrected chi connectivity index (χ4v) is 5.53. The summed E-state index contributed by atoms with van der Waals surface area (Å²) in [5.41, 5.74) is 5.16. The highest BCUT2D eigenvalue weighted by atomic mass is 32.2. The highest BCUT2D eigenvalue weighted by molar-refractivity contribution is 8.15. The Balaban J connectivity index is 1.12. The van der Waals surface area contributed by atoms with E-state index in [2.05, 4.69) is 25.1 Å². The van der Waals surface area contributed by atoms with Crippen LogP contribution in [0.2, 0.25) is 0 Å². The summed E-state index contributed by atoms with van der Waals surface area (Å²) >= 11 is 1.31. The summed E-state index contributed by atoms with van der Waals surface area (Å²) in [5.74, 6) is 0.380. The van der Waals surface area contributed by atoms with E-state index in [0.717, 1.165) is 40.8 Å². The average molecular weight is 611 g/mol. The van der Waals surface area contributed by atoms with E-state index >= 15 is 0 Å². The van der Waals surface area contributed by atoms with Crippen molar-refractivity contribution in [1.29, 1.82) is 0 Å². The quantitative estimate of drug-likeness (QED) is 0.183. The van der Waals surface area contributed by atoms with E-state index in [-0.39, 0.29) is 17.4 Å². The maximum atomic E-state index is 12.6. The number of aryl methyl sites for hydroxylation is 3. The van der Waals surface area contributed by atoms with Gasteiger partial charge in [0.2, 0.25) is 12.3 Å². The highest BCUT2D eigenvalue weighted by Crippen LogP contribution is 2.32. The van der Waals surface area contributed by atoms with E-state index in [4.69, 9.17) is 0 Å². The molecule has 1 fully saturated rings. The molecule has 1 unspecified atom stereocenters. The minimum absolute atomic E-state index is 0.0626. The van der Waals surface area contributed by atoms with E-state index in [1.54, 1.807) is 4.90 Å². The number of nitrogens with zero attached hydrogens (tertiary/aromatic N) is 5. The van der Waals surface area contributed by atoms with E-state index in [9.17, 15) is 23.1 Å². The molecule has 1 aliphatic rings. The second-order valence-corrected chi connectivity index (χ2v) is 10.8. The van der Waals surface area contributed by atoms with Gasteiger partial charge in [-0.05, 0) is 74.2 Å². The van der Waals surface area contributed by atoms with Crippen molar-refractivity contribution in [2.24, 2.45) is 4.99 Å². The Bertz CT molecular complexity index is 1590. The van der Waals surface area contributed by atoms with Crippen LogP contribution in [0.4, 0.5) is 18.9 Å². The first-order chi connectivity index (χ1) is 20.6. The molecule has 0 spiro atoms. The number of hydrogen-bond donors (Lipinski definition) is 2. The Labute approximate surface area is 250 Å². The van der Waals surface area contributed by atoms with Gasteiger partial charge in [0.15, 0.2) is 11.0 Å². The second kappa shape index (κ2) is 13.0. The van der Waals surface area contributed by atoms with Gasteiger partial charge < -0.3 is 9.84 Å². The molecule has 9 nitrogen and oxygen atoms in total. The number of benzene rings is 3. The number of carbonyl (C=O) groups excluding carboxylic acids is 1. The number of thioether (sulfide) groups is 1. The molecule has 13 heteroatoms. The van der Waals surface area contributed by atoms with Crippen LogP contribution in [-0.4, -0.2) is 56.0 Å². The van der Waals surface area contributed by atoms with Crippen LogP contribution in [-0.2, 0) is 11.2 Å². The van der Waals surface area contributed by atoms with Gasteiger partial charge >= 0.3 is 6.36 Å². The number of para-hydroxylation sites is 1. The number of alkyl halides is 3. The molecular weight excluding hydrogens is 581 g/mol. The fraction of sp³-hybridized carbons (Fsp3) is 0.267. The van der Waals surface area contributed by atoms with Gasteiger partial charge in [-0.2, -0.15) is 0 Å². The summed E-state index contributed by atoms with van der Waals surface area (Å²) in [7, 11) is 0. The van der Waals surface area contributed by atoms with Crippen LogP contribution in [0.15, 0.2) is 78.0 Å². The van der Waals surface area contributed by atoms with E-state index in [1.807, 2.05) is 56.3 Å². The number of amidine groups is 1. The molecule has 2 N–H and O–H groups in total. The van der Waals surface area contributed by atoms with Crippen molar-refractivity contribution in [2.75, 3.05) is 17.2 Å². The van der Waals surface area contributed by atoms with Crippen LogP contribution in [0.3, 0.4) is 0 Å². The SMILES string of the molecule is Cc1cccc(C)c1N1C(=O)CSC1=NC(O)NCCCc1ccc(-c2ncn(-c3ccc(OC(F)(F)F)cc3)n2)cc1. The van der Waals surface area contributed by atoms with Crippen molar-refractivity contribution in [3.63, 3.8) is 0 Å². The molecule has 1 saturated heterocycles. The van der Waals surface area contributed by atoms with Crippen molar-refractivity contribution in [2.45, 2.75) is 39.4 Å². The molecule has 0 radical (unpaired) electrons. The third kappa shape index (κ3) is 7.61. The van der Waals surface area contributed by atoms with Gasteiger partial charge in [0, 0.05) is 5.56 Å². The number of carbonyl (C=O) groups is 1. The Kier molecular flexibility index (Phi) is 9.14. The zero-order valence-electron chi connectivity index (χ0n) is 23.4. The number of ether oxygens (including phenoxy) is 1. The van der Waals surface area contributed by atoms with Gasteiger partial charge in [0.25, 0.3) is 0 Å². The standard InChI is InChI=1S/C30H29F3N6O3S/c1-19-5-3-6-20(2)26(19)39-25(40)17-43-29(39)36-28(41)34-16-4-7-21-8-10-22(11-9-21)27-35-18-38(37-27)23-12-14-24(15-13-23)42-30(31,32)33/h3,5-6,8-15,18,28,34,41H,4,7,16-17H2,1-2H3. The fourth-order valence-electron chi connectivity index (χ4n) is 4.65. The first-order valence-corrected chi connectivity index (χ1v) is 14.4. The number of aromatic nitrogens is 3. The van der Waals surface area contributed by atoms with Crippen molar-refractivity contribution >= 4 is 28.5 Å². The molecule has 43 heavy (non-hydrogen) atoms. The molecule has 0 aliphatic carbocycles. The third-order valence-corrected chi connectivity index (χ3v) is 7.61. The molecule has 3 aromatic carbocycles. The monoisotopic (exact) mass is 610 g/mol. The number of aliphatic imine (C=N–C) groups is 1. The van der Waals surface area contributed by atoms with Gasteiger partial charge in [0.1, 0.15) is 12.1 Å². The van der Waals surface area contributed by atoms with Gasteiger partial charge in [0.05, 0.1) is 17.1 Å². The summed E-state index contributed by atoms with van der Waals surface area (Å²) in [6, 6.07) is 19.0. The van der Waals surface area contributed by atoms with Crippen molar-refractivity contribution in [1.82, 2.24) is 20.1 Å². The molecule has 0 bridgehead atoms. The van der Waals surface area contributed by atoms with E-state index < -0.39 is 12.7 Å². The molecule has 224 valence electrons. The predicted octanol–water partition coefficient (Wildman–Crippen LogP) is 5.38. The van der Waals surface area contributed by atoms with Gasteiger partial charge in [-0.25, -0.2) is 14.7 Å². The summed E-state index contributed by atoms with van der Waals surface area (Å²) < 4.78 is 42.5. The minimum Gasteiger partial charge on any atom is -0.406 e. The smallest absolute Gasteiger partial charge is 0.406 e. The first kappa shape index (κ1) is 30.3. The van der Waals surface area contributed by atoms with Crippen LogP contribution >= 0.6 is 11.8 Å². The number of anilines is 1. The van der Waals surface area contributed by atoms with Crippen LogP contribution in [0, 0.1) is 13.8 Å². The molecule has 1 aliphatic heterocycles. The summed E-state index contributed by atoms with van der Waals surface area (Å²) in [4.78, 5) is 22.9. The van der Waals surface area contributed by atoms with Crippen molar-refractivity contribution in [3.05, 3.63) is 89.7 Å². The van der Waals surface area contributed by atoms with E-state index in [1.165, 1.54) is 47.0 Å². The molecule has 0 saturated carbocycles. The normalized spacial score (nSPS) is 15.3. The van der Waals surface area contributed by atoms with Crippen LogP contribution in [0.5, 0.6) is 5.75 Å². The van der Waals surface area contributed by atoms with Crippen molar-refractivity contribution < 1.29 is 27.8 Å². The summed E-state index contributed by atoms with van der Waals surface area (Å²) in [6.07, 6.45) is -2.90. The lowest BCUT2D eigenvalue weighted by Gasteiger charge is -2.21. The van der Waals surface area contributed by atoms with Gasteiger partial charge in [-0.1, -0.05) is 54.2 Å². The zero-order valence-corrected chi connectivity index (χ0v) is 24.2. The molecule has 4 aromatic rings. The maximum Gasteiger partial charge on any atom is 0.573 e. The number of aliphatic hydroxyl groups excluding tert-OH is 1. The molecule has 5 rings (SSSR count). The van der Waals surface area contributed by atoms with Crippen LogP contribution in [0.25, 0.3) is 17.1 Å². The second-order valence-electron chi connectivity index (χ2n) is 9.85. The number of hydrogen-bond acceptors (Lipinski definition) is 8. The summed E-state index contributed by atoms with van der Waals surface area (Å²) in [5, 5.41) is 18.4. The first-order valence-electron chi connectivity index (χ1n) is 13.5. The summed E-state index contributed by atoms with van der Waals surface area (Å²) in [6.45, 7) is 4.41. The number of nitrogens with one attached hydrogen (secondary N) is 1. The highest BCUT2D eigenvalue weighted by Gasteiger charge is 2.32. The zero-order chi connectivity index (χ0) is 30.6. The van der Waals surface area contributed by atoms with Gasteiger partial charge in [-0.3, -0.25) is 15.0 Å². The number of aliphatic hydroxyl groups is 1. The number of amides is 1. The Morgan fingerprint density at radius 2 is 1.77 bits per heavy atom. The molecule has 2 heterocycles. The van der Waals surface area contributed by atoms with E-state index in [0.29, 0.717) is 23.2 Å². The number of rotatable bonds is 10. The van der Waals surface area contributed by atoms with Crippen LogP contribution < -0.4 is 15.0 Å². The lowest BCUT2D eigenvalue weighted by atomic mass is 10.1. The molecule has 1 atom stereocenters. The Morgan fingerprint density at radius 1 is 1.07 bits per heavy atom. The minimum atomic E-state index is -4.75. The number of halogens is 3. The van der Waals surface area contributed by atoms with Crippen LogP contribution in [0.1, 0.15) is 23.1 Å². The maximum absolute atomic E-state index is 12.6. The largest absolute Gasteiger partial charge is 0.573 e. The molecule has 1 amide bonds. The molecule has 1 aromatic heterocycles. The van der Waals surface area contributed by atoms with Gasteiger partial charge in [-0.15, -0.1) is 18.3 Å². The lowest BCUT2D eigenvalue weighted by molar-refractivity contribution is -0.274. The predicted molar refractivity (Wildman–Crippen MR) is 159 cm³/mol. The van der Waals surface area contributed by atoms with Crippen molar-refractivity contribution in [3.8, 4) is 22.8 Å². The molecular formula is C30H29F3N6O3S. The average Bonchev–Trinajstić information content (AvgIpc) is 3.59.